The largest absolute Gasteiger partial charge is 0.462 e. The average Bonchev–Trinajstić information content (AvgIpc) is 3.04. The standard InChI is InChI=1S/C22H29N3O4S/c1-6-29-22(28)17-14(4)19(20(27)23-5)30-21(17)25-16(26)12-24-18(13(2)3)15-10-8-7-9-11-15/h7-11,13,18,24H,6,12H2,1-5H3,(H,23,27)(H,25,26). The summed E-state index contributed by atoms with van der Waals surface area (Å²) in [6.07, 6.45) is 0. The minimum Gasteiger partial charge on any atom is -0.462 e. The molecule has 0 saturated carbocycles. The maximum atomic E-state index is 12.6. The van der Waals surface area contributed by atoms with Crippen molar-refractivity contribution in [2.45, 2.75) is 33.7 Å². The maximum absolute atomic E-state index is 12.6. The Morgan fingerprint density at radius 3 is 2.37 bits per heavy atom. The van der Waals surface area contributed by atoms with E-state index in [0.717, 1.165) is 16.9 Å². The molecule has 162 valence electrons. The van der Waals surface area contributed by atoms with Crippen LogP contribution in [0.3, 0.4) is 0 Å². The number of amides is 2. The summed E-state index contributed by atoms with van der Waals surface area (Å²) in [5.41, 5.74) is 1.81. The summed E-state index contributed by atoms with van der Waals surface area (Å²) in [5.74, 6) is -0.898. The van der Waals surface area contributed by atoms with Crippen LogP contribution in [0.25, 0.3) is 0 Å². The van der Waals surface area contributed by atoms with E-state index in [1.54, 1.807) is 13.8 Å². The molecule has 1 atom stereocenters. The van der Waals surface area contributed by atoms with Crippen LogP contribution in [0.5, 0.6) is 0 Å². The lowest BCUT2D eigenvalue weighted by Crippen LogP contribution is -2.33. The van der Waals surface area contributed by atoms with Crippen molar-refractivity contribution in [1.29, 1.82) is 0 Å². The molecule has 7 nitrogen and oxygen atoms in total. The summed E-state index contributed by atoms with van der Waals surface area (Å²) in [6.45, 7) is 7.81. The molecular formula is C22H29N3O4S. The van der Waals surface area contributed by atoms with Gasteiger partial charge in [-0.25, -0.2) is 4.79 Å². The fraction of sp³-hybridized carbons (Fsp3) is 0.409. The summed E-state index contributed by atoms with van der Waals surface area (Å²) >= 11 is 1.07. The number of hydrogen-bond acceptors (Lipinski definition) is 6. The summed E-state index contributed by atoms with van der Waals surface area (Å²) in [6, 6.07) is 9.93. The first-order valence-corrected chi connectivity index (χ1v) is 10.7. The quantitative estimate of drug-likeness (QED) is 0.528. The number of carbonyl (C=O) groups is 3. The smallest absolute Gasteiger partial charge is 0.341 e. The zero-order chi connectivity index (χ0) is 22.3. The Bertz CT molecular complexity index is 893. The van der Waals surface area contributed by atoms with Gasteiger partial charge in [0, 0.05) is 13.1 Å². The molecule has 2 amide bonds. The van der Waals surface area contributed by atoms with E-state index in [1.165, 1.54) is 7.05 Å². The fourth-order valence-electron chi connectivity index (χ4n) is 3.15. The number of ether oxygens (including phenoxy) is 1. The zero-order valence-electron chi connectivity index (χ0n) is 18.0. The highest BCUT2D eigenvalue weighted by molar-refractivity contribution is 7.18. The van der Waals surface area contributed by atoms with Crippen LogP contribution in [0.2, 0.25) is 0 Å². The van der Waals surface area contributed by atoms with Crippen LogP contribution in [0.15, 0.2) is 30.3 Å². The Morgan fingerprint density at radius 1 is 1.13 bits per heavy atom. The van der Waals surface area contributed by atoms with Gasteiger partial charge in [0.1, 0.15) is 5.00 Å². The number of carbonyl (C=O) groups excluding carboxylic acids is 3. The molecule has 0 fully saturated rings. The number of thiophene rings is 1. The molecule has 8 heteroatoms. The lowest BCUT2D eigenvalue weighted by atomic mass is 9.96. The number of esters is 1. The van der Waals surface area contributed by atoms with E-state index >= 15 is 0 Å². The Labute approximate surface area is 181 Å². The van der Waals surface area contributed by atoms with Crippen LogP contribution in [-0.4, -0.2) is 38.0 Å². The van der Waals surface area contributed by atoms with Gasteiger partial charge in [-0.1, -0.05) is 44.2 Å². The van der Waals surface area contributed by atoms with E-state index in [2.05, 4.69) is 29.8 Å². The minimum absolute atomic E-state index is 0.00739. The zero-order valence-corrected chi connectivity index (χ0v) is 18.8. The fourth-order valence-corrected chi connectivity index (χ4v) is 4.31. The van der Waals surface area contributed by atoms with Crippen molar-refractivity contribution in [3.05, 3.63) is 51.9 Å². The van der Waals surface area contributed by atoms with E-state index in [1.807, 2.05) is 30.3 Å². The lowest BCUT2D eigenvalue weighted by Gasteiger charge is -2.22. The third-order valence-corrected chi connectivity index (χ3v) is 5.83. The van der Waals surface area contributed by atoms with Gasteiger partial charge >= 0.3 is 5.97 Å². The van der Waals surface area contributed by atoms with Crippen LogP contribution in [-0.2, 0) is 9.53 Å². The molecule has 1 aromatic heterocycles. The van der Waals surface area contributed by atoms with Crippen molar-refractivity contribution in [3.8, 4) is 0 Å². The summed E-state index contributed by atoms with van der Waals surface area (Å²) in [5, 5.41) is 8.92. The summed E-state index contributed by atoms with van der Waals surface area (Å²) in [7, 11) is 1.52. The molecule has 3 N–H and O–H groups in total. The van der Waals surface area contributed by atoms with Crippen LogP contribution in [0.4, 0.5) is 5.00 Å². The maximum Gasteiger partial charge on any atom is 0.341 e. The van der Waals surface area contributed by atoms with E-state index in [-0.39, 0.29) is 42.5 Å². The minimum atomic E-state index is -0.561. The van der Waals surface area contributed by atoms with Gasteiger partial charge in [0.15, 0.2) is 0 Å². The molecule has 30 heavy (non-hydrogen) atoms. The first-order chi connectivity index (χ1) is 14.3. The molecule has 1 unspecified atom stereocenters. The van der Waals surface area contributed by atoms with Gasteiger partial charge in [0.2, 0.25) is 5.91 Å². The lowest BCUT2D eigenvalue weighted by molar-refractivity contribution is -0.115. The van der Waals surface area contributed by atoms with Crippen molar-refractivity contribution < 1.29 is 19.1 Å². The SMILES string of the molecule is CCOC(=O)c1c(NC(=O)CNC(c2ccccc2)C(C)C)sc(C(=O)NC)c1C. The van der Waals surface area contributed by atoms with Crippen LogP contribution in [0, 0.1) is 12.8 Å². The number of hydrogen-bond donors (Lipinski definition) is 3. The molecule has 1 heterocycles. The molecule has 2 rings (SSSR count). The molecule has 0 aliphatic rings. The van der Waals surface area contributed by atoms with Crippen molar-refractivity contribution in [3.63, 3.8) is 0 Å². The Morgan fingerprint density at radius 2 is 1.80 bits per heavy atom. The van der Waals surface area contributed by atoms with Gasteiger partial charge in [0.25, 0.3) is 5.91 Å². The van der Waals surface area contributed by atoms with Gasteiger partial charge in [-0.2, -0.15) is 0 Å². The number of benzene rings is 1. The Hall–Kier alpha value is -2.71. The molecule has 0 saturated heterocycles. The number of nitrogens with one attached hydrogen (secondary N) is 3. The molecular weight excluding hydrogens is 402 g/mol. The summed E-state index contributed by atoms with van der Waals surface area (Å²) in [4.78, 5) is 37.6. The van der Waals surface area contributed by atoms with Gasteiger partial charge in [0.05, 0.1) is 23.6 Å². The molecule has 0 spiro atoms. The van der Waals surface area contributed by atoms with E-state index in [4.69, 9.17) is 4.74 Å². The molecule has 0 aliphatic carbocycles. The van der Waals surface area contributed by atoms with Gasteiger partial charge in [-0.05, 0) is 30.9 Å². The topological polar surface area (TPSA) is 96.5 Å². The highest BCUT2D eigenvalue weighted by atomic mass is 32.1. The highest BCUT2D eigenvalue weighted by Crippen LogP contribution is 2.33. The Balaban J connectivity index is 2.19. The van der Waals surface area contributed by atoms with E-state index in [9.17, 15) is 14.4 Å². The van der Waals surface area contributed by atoms with Gasteiger partial charge < -0.3 is 20.7 Å². The van der Waals surface area contributed by atoms with Gasteiger partial charge in [-0.3, -0.25) is 9.59 Å². The molecule has 1 aromatic carbocycles. The first kappa shape index (κ1) is 23.6. The van der Waals surface area contributed by atoms with E-state index in [0.29, 0.717) is 15.4 Å². The van der Waals surface area contributed by atoms with Crippen molar-refractivity contribution in [2.24, 2.45) is 5.92 Å². The average molecular weight is 432 g/mol. The highest BCUT2D eigenvalue weighted by Gasteiger charge is 2.26. The molecule has 0 bridgehead atoms. The molecule has 0 aliphatic heterocycles. The molecule has 2 aromatic rings. The molecule has 0 radical (unpaired) electrons. The Kier molecular flexibility index (Phi) is 8.56. The predicted molar refractivity (Wildman–Crippen MR) is 119 cm³/mol. The van der Waals surface area contributed by atoms with Crippen LogP contribution < -0.4 is 16.0 Å². The first-order valence-electron chi connectivity index (χ1n) is 9.90. The van der Waals surface area contributed by atoms with Crippen molar-refractivity contribution in [1.82, 2.24) is 10.6 Å². The second-order valence-corrected chi connectivity index (χ2v) is 8.14. The third-order valence-electron chi connectivity index (χ3n) is 4.62. The monoisotopic (exact) mass is 431 g/mol. The van der Waals surface area contributed by atoms with E-state index < -0.39 is 5.97 Å². The van der Waals surface area contributed by atoms with Crippen molar-refractivity contribution in [2.75, 3.05) is 25.5 Å². The van der Waals surface area contributed by atoms with Crippen LogP contribution in [0.1, 0.15) is 58.0 Å². The number of rotatable bonds is 9. The number of anilines is 1. The normalized spacial score (nSPS) is 11.8. The van der Waals surface area contributed by atoms with Crippen molar-refractivity contribution >= 4 is 34.1 Å². The van der Waals surface area contributed by atoms with Gasteiger partial charge in [-0.15, -0.1) is 11.3 Å². The summed E-state index contributed by atoms with van der Waals surface area (Å²) < 4.78 is 5.11. The second kappa shape index (κ2) is 10.9. The predicted octanol–water partition coefficient (Wildman–Crippen LogP) is 3.52. The van der Waals surface area contributed by atoms with Crippen LogP contribution >= 0.6 is 11.3 Å². The second-order valence-electron chi connectivity index (χ2n) is 7.12. The third kappa shape index (κ3) is 5.67.